The highest BCUT2D eigenvalue weighted by molar-refractivity contribution is 6.42. The van der Waals surface area contributed by atoms with Gasteiger partial charge >= 0.3 is 5.69 Å². The van der Waals surface area contributed by atoms with Crippen molar-refractivity contribution in [1.82, 2.24) is 14.3 Å². The highest BCUT2D eigenvalue weighted by Gasteiger charge is 2.28. The molecule has 0 aliphatic carbocycles. The number of aryl methyl sites for hydroxylation is 1. The molecule has 1 unspecified atom stereocenters. The molecule has 0 fully saturated rings. The molecule has 3 rings (SSSR count). The van der Waals surface area contributed by atoms with Crippen molar-refractivity contribution in [2.75, 3.05) is 0 Å². The quantitative estimate of drug-likeness (QED) is 0.922. The average molecular weight is 328 g/mol. The van der Waals surface area contributed by atoms with E-state index >= 15 is 0 Å². The van der Waals surface area contributed by atoms with E-state index in [1.807, 2.05) is 6.92 Å². The summed E-state index contributed by atoms with van der Waals surface area (Å²) < 4.78 is 3.15. The second kappa shape index (κ2) is 5.39. The van der Waals surface area contributed by atoms with Gasteiger partial charge in [-0.25, -0.2) is 9.48 Å². The predicted molar refractivity (Wildman–Crippen MR) is 81.3 cm³/mol. The van der Waals surface area contributed by atoms with Crippen LogP contribution in [0.15, 0.2) is 16.9 Å². The van der Waals surface area contributed by atoms with Gasteiger partial charge < -0.3 is 5.11 Å². The Morgan fingerprint density at radius 3 is 2.90 bits per heavy atom. The van der Waals surface area contributed by atoms with E-state index in [0.29, 0.717) is 35.1 Å². The van der Waals surface area contributed by atoms with Gasteiger partial charge in [-0.05, 0) is 31.4 Å². The topological polar surface area (TPSA) is 60.0 Å². The number of hydrogen-bond donors (Lipinski definition) is 1. The molecule has 2 heterocycles. The maximum absolute atomic E-state index is 12.0. The molecule has 1 aromatic heterocycles. The summed E-state index contributed by atoms with van der Waals surface area (Å²) in [7, 11) is 0. The summed E-state index contributed by atoms with van der Waals surface area (Å²) in [6.07, 6.45) is 1.28. The number of aromatic hydroxyl groups is 1. The Balaban J connectivity index is 2.01. The molecule has 1 atom stereocenters. The Kier molecular flexibility index (Phi) is 3.71. The molecule has 0 radical (unpaired) electrons. The first-order valence-electron chi connectivity index (χ1n) is 6.86. The first-order chi connectivity index (χ1) is 10.0. The van der Waals surface area contributed by atoms with Gasteiger partial charge in [0.25, 0.3) is 0 Å². The summed E-state index contributed by atoms with van der Waals surface area (Å²) in [6.45, 7) is 3.01. The zero-order chi connectivity index (χ0) is 15.1. The first kappa shape index (κ1) is 14.5. The van der Waals surface area contributed by atoms with Gasteiger partial charge in [-0.15, -0.1) is 0 Å². The van der Waals surface area contributed by atoms with Crippen molar-refractivity contribution in [1.29, 1.82) is 0 Å². The van der Waals surface area contributed by atoms with E-state index in [1.165, 1.54) is 4.68 Å². The number of aromatic nitrogens is 3. The lowest BCUT2D eigenvalue weighted by atomic mass is 9.89. The smallest absolute Gasteiger partial charge is 0.345 e. The fourth-order valence-corrected chi connectivity index (χ4v) is 3.34. The number of fused-ring (bicyclic) bond motifs is 1. The summed E-state index contributed by atoms with van der Waals surface area (Å²) in [5, 5.41) is 15.2. The number of hydrogen-bond acceptors (Lipinski definition) is 3. The van der Waals surface area contributed by atoms with Gasteiger partial charge in [-0.3, -0.25) is 4.57 Å². The van der Waals surface area contributed by atoms with Crippen LogP contribution in [0.2, 0.25) is 10.0 Å². The molecular weight excluding hydrogens is 313 g/mol. The molecule has 7 heteroatoms. The number of rotatable bonds is 2. The van der Waals surface area contributed by atoms with Crippen LogP contribution in [0.5, 0.6) is 5.75 Å². The Hall–Kier alpha value is -1.46. The molecule has 0 saturated carbocycles. The molecule has 5 nitrogen and oxygen atoms in total. The van der Waals surface area contributed by atoms with E-state index < -0.39 is 0 Å². The zero-order valence-electron chi connectivity index (χ0n) is 11.5. The van der Waals surface area contributed by atoms with Crippen LogP contribution >= 0.6 is 23.2 Å². The lowest BCUT2D eigenvalue weighted by Crippen LogP contribution is -2.28. The second-order valence-corrected chi connectivity index (χ2v) is 5.94. The molecule has 0 bridgehead atoms. The van der Waals surface area contributed by atoms with Crippen molar-refractivity contribution < 1.29 is 5.11 Å². The number of phenolic OH excluding ortho intramolecular Hbond substituents is 1. The molecule has 1 aliphatic rings. The molecule has 1 aliphatic heterocycles. The third kappa shape index (κ3) is 2.34. The van der Waals surface area contributed by atoms with Crippen molar-refractivity contribution in [2.24, 2.45) is 0 Å². The minimum Gasteiger partial charge on any atom is -0.508 e. The Morgan fingerprint density at radius 2 is 2.19 bits per heavy atom. The number of halogens is 2. The van der Waals surface area contributed by atoms with Gasteiger partial charge in [0, 0.05) is 25.1 Å². The molecule has 1 N–H and O–H groups in total. The Bertz CT molecular complexity index is 751. The van der Waals surface area contributed by atoms with Gasteiger partial charge in [-0.2, -0.15) is 5.10 Å². The normalized spacial score (nSPS) is 17.8. The molecule has 21 heavy (non-hydrogen) atoms. The Morgan fingerprint density at radius 1 is 1.43 bits per heavy atom. The summed E-state index contributed by atoms with van der Waals surface area (Å²) in [4.78, 5) is 12.0. The van der Waals surface area contributed by atoms with Crippen molar-refractivity contribution in [2.45, 2.75) is 38.8 Å². The molecule has 0 spiro atoms. The minimum atomic E-state index is -0.0765. The highest BCUT2D eigenvalue weighted by atomic mass is 35.5. The standard InChI is InChI=1S/C14H15Cl2N3O2/c1-2-19-14(21)18-6-5-8(7-11(18)17-19)12-10(20)4-3-9(15)13(12)16/h3-4,8,20H,2,5-7H2,1H3. The molecule has 0 saturated heterocycles. The summed E-state index contributed by atoms with van der Waals surface area (Å²) in [5.41, 5.74) is 0.571. The maximum atomic E-state index is 12.0. The summed E-state index contributed by atoms with van der Waals surface area (Å²) >= 11 is 12.3. The van der Waals surface area contributed by atoms with Crippen LogP contribution in [0, 0.1) is 0 Å². The maximum Gasteiger partial charge on any atom is 0.345 e. The molecule has 0 amide bonds. The van der Waals surface area contributed by atoms with Crippen molar-refractivity contribution >= 4 is 23.2 Å². The van der Waals surface area contributed by atoms with Gasteiger partial charge in [0.1, 0.15) is 11.6 Å². The van der Waals surface area contributed by atoms with Gasteiger partial charge in [0.2, 0.25) is 0 Å². The molecule has 112 valence electrons. The van der Waals surface area contributed by atoms with Crippen LogP contribution in [0.3, 0.4) is 0 Å². The van der Waals surface area contributed by atoms with E-state index in [1.54, 1.807) is 16.7 Å². The van der Waals surface area contributed by atoms with Crippen LogP contribution in [0.1, 0.15) is 30.7 Å². The minimum absolute atomic E-state index is 0.0100. The van der Waals surface area contributed by atoms with Gasteiger partial charge in [-0.1, -0.05) is 23.2 Å². The van der Waals surface area contributed by atoms with Crippen molar-refractivity contribution in [3.05, 3.63) is 44.1 Å². The fourth-order valence-electron chi connectivity index (χ4n) is 2.87. The third-order valence-electron chi connectivity index (χ3n) is 3.95. The van der Waals surface area contributed by atoms with E-state index in [4.69, 9.17) is 23.2 Å². The largest absolute Gasteiger partial charge is 0.508 e. The van der Waals surface area contributed by atoms with E-state index in [0.717, 1.165) is 12.2 Å². The second-order valence-electron chi connectivity index (χ2n) is 5.15. The number of phenols is 1. The number of nitrogens with zero attached hydrogens (tertiary/aromatic N) is 3. The molecule has 2 aromatic rings. The van der Waals surface area contributed by atoms with Crippen LogP contribution in [0.25, 0.3) is 0 Å². The summed E-state index contributed by atoms with van der Waals surface area (Å²) in [6, 6.07) is 3.13. The third-order valence-corrected chi connectivity index (χ3v) is 4.77. The van der Waals surface area contributed by atoms with Crippen LogP contribution in [-0.4, -0.2) is 19.5 Å². The highest BCUT2D eigenvalue weighted by Crippen LogP contribution is 2.41. The lowest BCUT2D eigenvalue weighted by Gasteiger charge is -2.24. The van der Waals surface area contributed by atoms with Gasteiger partial charge in [0.15, 0.2) is 0 Å². The Labute approximate surface area is 131 Å². The summed E-state index contributed by atoms with van der Waals surface area (Å²) in [5.74, 6) is 0.879. The first-order valence-corrected chi connectivity index (χ1v) is 7.62. The van der Waals surface area contributed by atoms with Crippen LogP contribution in [-0.2, 0) is 19.5 Å². The monoisotopic (exact) mass is 327 g/mol. The zero-order valence-corrected chi connectivity index (χ0v) is 13.0. The van der Waals surface area contributed by atoms with Crippen LogP contribution in [0.4, 0.5) is 0 Å². The number of benzene rings is 1. The van der Waals surface area contributed by atoms with Crippen LogP contribution < -0.4 is 5.69 Å². The van der Waals surface area contributed by atoms with Crippen molar-refractivity contribution in [3.8, 4) is 5.75 Å². The van der Waals surface area contributed by atoms with E-state index in [2.05, 4.69) is 5.10 Å². The SMILES string of the molecule is CCn1nc2n(c1=O)CCC(c1c(O)ccc(Cl)c1Cl)C2. The average Bonchev–Trinajstić information content (AvgIpc) is 2.79. The molecular formula is C14H15Cl2N3O2. The van der Waals surface area contributed by atoms with Crippen molar-refractivity contribution in [3.63, 3.8) is 0 Å². The van der Waals surface area contributed by atoms with Gasteiger partial charge in [0.05, 0.1) is 10.0 Å². The molecule has 1 aromatic carbocycles. The predicted octanol–water partition coefficient (Wildman–Crippen LogP) is 2.81. The van der Waals surface area contributed by atoms with E-state index in [-0.39, 0.29) is 17.4 Å². The lowest BCUT2D eigenvalue weighted by molar-refractivity contribution is 0.425. The van der Waals surface area contributed by atoms with E-state index in [9.17, 15) is 9.90 Å². The fraction of sp³-hybridized carbons (Fsp3) is 0.429.